The first-order valence-corrected chi connectivity index (χ1v) is 13.5. The number of anilines is 1. The van der Waals surface area contributed by atoms with Crippen LogP contribution in [0.25, 0.3) is 16.8 Å². The van der Waals surface area contributed by atoms with Crippen molar-refractivity contribution < 1.29 is 14.2 Å². The third-order valence-corrected chi connectivity index (χ3v) is 7.42. The standard InChI is InChI=1S/C31H30N4O3S/c1-36-22-17-15-21(16-18-22)28-24-12-8-9-19-34-27(20-38-23-10-4-3-5-11-23)33-35(31(24)34)29(28)30(39)32-25-13-6-7-14-26(25)37-2/h3-7,10-11,13-18H,8-9,12,19-20H2,1-2H3,(H,32,39). The zero-order valence-electron chi connectivity index (χ0n) is 22.0. The van der Waals surface area contributed by atoms with E-state index in [0.717, 1.165) is 77.0 Å². The highest BCUT2D eigenvalue weighted by molar-refractivity contribution is 7.81. The highest BCUT2D eigenvalue weighted by Crippen LogP contribution is 2.38. The van der Waals surface area contributed by atoms with Crippen molar-refractivity contribution in [3.8, 4) is 28.4 Å². The molecule has 6 rings (SSSR count). The molecule has 1 N–H and O–H groups in total. The van der Waals surface area contributed by atoms with Gasteiger partial charge in [-0.3, -0.25) is 0 Å². The summed E-state index contributed by atoms with van der Waals surface area (Å²) in [6.07, 6.45) is 3.09. The Labute approximate surface area is 232 Å². The number of methoxy groups -OCH3 is 2. The molecule has 3 aromatic carbocycles. The number of rotatable bonds is 8. The Morgan fingerprint density at radius 2 is 1.67 bits per heavy atom. The normalized spacial score (nSPS) is 12.7. The molecule has 0 amide bonds. The minimum atomic E-state index is 0.370. The topological polar surface area (TPSA) is 62.0 Å². The Balaban J connectivity index is 1.50. The monoisotopic (exact) mass is 538 g/mol. The van der Waals surface area contributed by atoms with E-state index >= 15 is 0 Å². The van der Waals surface area contributed by atoms with Gasteiger partial charge in [0.05, 0.1) is 19.9 Å². The lowest BCUT2D eigenvalue weighted by atomic mass is 9.98. The molecule has 0 atom stereocenters. The van der Waals surface area contributed by atoms with Crippen LogP contribution in [0.1, 0.15) is 29.9 Å². The third kappa shape index (κ3) is 4.72. The number of ether oxygens (including phenoxy) is 3. The SMILES string of the molecule is COc1ccc(-c2c3c4n(c(COc5ccccc5)nn4c2C(=S)Nc2ccccc2OC)CCCC3)cc1. The highest BCUT2D eigenvalue weighted by atomic mass is 32.1. The van der Waals surface area contributed by atoms with Gasteiger partial charge in [0.15, 0.2) is 5.82 Å². The van der Waals surface area contributed by atoms with Gasteiger partial charge >= 0.3 is 0 Å². The minimum absolute atomic E-state index is 0.370. The van der Waals surface area contributed by atoms with Crippen molar-refractivity contribution in [2.24, 2.45) is 0 Å². The van der Waals surface area contributed by atoms with Gasteiger partial charge in [0.25, 0.3) is 0 Å². The fourth-order valence-corrected chi connectivity index (χ4v) is 5.58. The van der Waals surface area contributed by atoms with Crippen LogP contribution < -0.4 is 19.5 Å². The summed E-state index contributed by atoms with van der Waals surface area (Å²) in [5.41, 5.74) is 6.15. The largest absolute Gasteiger partial charge is 0.497 e. The van der Waals surface area contributed by atoms with Crippen LogP contribution >= 0.6 is 12.2 Å². The first kappa shape index (κ1) is 25.0. The Kier molecular flexibility index (Phi) is 6.94. The van der Waals surface area contributed by atoms with E-state index in [1.807, 2.05) is 71.2 Å². The van der Waals surface area contributed by atoms with E-state index in [0.29, 0.717) is 11.6 Å². The lowest BCUT2D eigenvalue weighted by Gasteiger charge is -2.14. The summed E-state index contributed by atoms with van der Waals surface area (Å²) >= 11 is 6.09. The first-order valence-electron chi connectivity index (χ1n) is 13.1. The Bertz CT molecular complexity index is 1620. The van der Waals surface area contributed by atoms with Gasteiger partial charge in [0.2, 0.25) is 0 Å². The summed E-state index contributed by atoms with van der Waals surface area (Å²) in [4.78, 5) is 0.576. The smallest absolute Gasteiger partial charge is 0.169 e. The molecule has 5 aromatic rings. The molecule has 0 saturated carbocycles. The van der Waals surface area contributed by atoms with Crippen LogP contribution in [-0.4, -0.2) is 33.4 Å². The predicted molar refractivity (Wildman–Crippen MR) is 157 cm³/mol. The number of nitrogens with one attached hydrogen (secondary N) is 1. The van der Waals surface area contributed by atoms with Gasteiger partial charge in [-0.15, -0.1) is 5.10 Å². The number of thiocarbonyl (C=S) groups is 1. The van der Waals surface area contributed by atoms with Gasteiger partial charge in [-0.1, -0.05) is 54.7 Å². The van der Waals surface area contributed by atoms with Gasteiger partial charge in [-0.2, -0.15) is 0 Å². The zero-order valence-corrected chi connectivity index (χ0v) is 22.8. The summed E-state index contributed by atoms with van der Waals surface area (Å²) in [6.45, 7) is 1.25. The summed E-state index contributed by atoms with van der Waals surface area (Å²) in [5.74, 6) is 3.23. The summed E-state index contributed by atoms with van der Waals surface area (Å²) in [7, 11) is 3.34. The van der Waals surface area contributed by atoms with Crippen molar-refractivity contribution in [3.63, 3.8) is 0 Å². The van der Waals surface area contributed by atoms with E-state index in [1.54, 1.807) is 14.2 Å². The van der Waals surface area contributed by atoms with E-state index in [-0.39, 0.29) is 0 Å². The molecular weight excluding hydrogens is 508 g/mol. The van der Waals surface area contributed by atoms with Crippen LogP contribution in [0.3, 0.4) is 0 Å². The number of aromatic nitrogens is 3. The number of nitrogens with zero attached hydrogens (tertiary/aromatic N) is 3. The Morgan fingerprint density at radius 1 is 0.897 bits per heavy atom. The van der Waals surface area contributed by atoms with Crippen molar-refractivity contribution in [3.05, 3.63) is 95.9 Å². The molecule has 0 radical (unpaired) electrons. The average molecular weight is 539 g/mol. The molecule has 0 saturated heterocycles. The molecule has 0 fully saturated rings. The van der Waals surface area contributed by atoms with Crippen LogP contribution in [-0.2, 0) is 19.6 Å². The van der Waals surface area contributed by atoms with Gasteiger partial charge in [-0.05, 0) is 61.2 Å². The van der Waals surface area contributed by atoms with Crippen LogP contribution in [0.15, 0.2) is 78.9 Å². The molecule has 8 heteroatoms. The van der Waals surface area contributed by atoms with Crippen molar-refractivity contribution in [1.82, 2.24) is 14.2 Å². The molecule has 1 aliphatic rings. The van der Waals surface area contributed by atoms with E-state index < -0.39 is 0 Å². The first-order chi connectivity index (χ1) is 19.2. The predicted octanol–water partition coefficient (Wildman–Crippen LogP) is 6.52. The molecule has 1 aliphatic heterocycles. The van der Waals surface area contributed by atoms with E-state index in [4.69, 9.17) is 31.5 Å². The average Bonchev–Trinajstić information content (AvgIpc) is 3.38. The highest BCUT2D eigenvalue weighted by Gasteiger charge is 2.29. The lowest BCUT2D eigenvalue weighted by molar-refractivity contribution is 0.288. The second-order valence-electron chi connectivity index (χ2n) is 9.45. The molecular formula is C31H30N4O3S. The van der Waals surface area contributed by atoms with E-state index in [2.05, 4.69) is 22.0 Å². The van der Waals surface area contributed by atoms with Gasteiger partial charge in [-0.25, -0.2) is 4.52 Å². The number of benzene rings is 3. The number of hydrogen-bond acceptors (Lipinski definition) is 5. The maximum absolute atomic E-state index is 6.13. The fourth-order valence-electron chi connectivity index (χ4n) is 5.28. The summed E-state index contributed by atoms with van der Waals surface area (Å²) in [5, 5.41) is 8.54. The van der Waals surface area contributed by atoms with Gasteiger partial charge in [0.1, 0.15) is 40.2 Å². The summed E-state index contributed by atoms with van der Waals surface area (Å²) < 4.78 is 21.4. The second-order valence-corrected chi connectivity index (χ2v) is 9.86. The maximum Gasteiger partial charge on any atom is 0.169 e. The van der Waals surface area contributed by atoms with Crippen LogP contribution in [0.2, 0.25) is 0 Å². The Morgan fingerprint density at radius 3 is 2.44 bits per heavy atom. The fraction of sp³-hybridized carbons (Fsp3) is 0.226. The molecule has 0 aliphatic carbocycles. The van der Waals surface area contributed by atoms with Gasteiger partial charge in [0, 0.05) is 17.7 Å². The quantitative estimate of drug-likeness (QED) is 0.227. The molecule has 2 aromatic heterocycles. The lowest BCUT2D eigenvalue weighted by Crippen LogP contribution is -2.15. The maximum atomic E-state index is 6.13. The van der Waals surface area contributed by atoms with Crippen LogP contribution in [0, 0.1) is 0 Å². The minimum Gasteiger partial charge on any atom is -0.497 e. The van der Waals surface area contributed by atoms with Crippen LogP contribution in [0.5, 0.6) is 17.2 Å². The molecule has 0 spiro atoms. The van der Waals surface area contributed by atoms with E-state index in [1.165, 1.54) is 5.56 Å². The Hall–Kier alpha value is -4.30. The number of aryl methyl sites for hydroxylation is 2. The third-order valence-electron chi connectivity index (χ3n) is 7.12. The second kappa shape index (κ2) is 10.8. The van der Waals surface area contributed by atoms with Crippen LogP contribution in [0.4, 0.5) is 5.69 Å². The molecule has 0 bridgehead atoms. The number of hydrogen-bond donors (Lipinski definition) is 1. The molecule has 0 unspecified atom stereocenters. The van der Waals surface area contributed by atoms with Crippen molar-refractivity contribution in [1.29, 1.82) is 0 Å². The zero-order chi connectivity index (χ0) is 26.8. The molecule has 7 nitrogen and oxygen atoms in total. The summed E-state index contributed by atoms with van der Waals surface area (Å²) in [6, 6.07) is 25.8. The number of para-hydroxylation sites is 3. The van der Waals surface area contributed by atoms with Crippen molar-refractivity contribution in [2.45, 2.75) is 32.4 Å². The molecule has 3 heterocycles. The van der Waals surface area contributed by atoms with E-state index in [9.17, 15) is 0 Å². The van der Waals surface area contributed by atoms with Gasteiger partial charge < -0.3 is 24.1 Å². The molecule has 198 valence electrons. The van der Waals surface area contributed by atoms with Crippen molar-refractivity contribution in [2.75, 3.05) is 19.5 Å². The molecule has 39 heavy (non-hydrogen) atoms. The van der Waals surface area contributed by atoms with Crippen molar-refractivity contribution >= 4 is 28.5 Å².